The fourth-order valence-electron chi connectivity index (χ4n) is 1.59. The molecule has 1 atom stereocenters. The van der Waals surface area contributed by atoms with Crippen molar-refractivity contribution in [3.8, 4) is 11.6 Å². The monoisotopic (exact) mass is 232 g/mol. The third-order valence-electron chi connectivity index (χ3n) is 2.48. The van der Waals surface area contributed by atoms with Crippen LogP contribution in [0.1, 0.15) is 37.3 Å². The van der Waals surface area contributed by atoms with Crippen LogP contribution in [0.4, 0.5) is 0 Å². The number of nitrogens with two attached hydrogens (primary N) is 1. The van der Waals surface area contributed by atoms with Crippen molar-refractivity contribution in [2.45, 2.75) is 32.7 Å². The number of hydrogen-bond donors (Lipinski definition) is 1. The molecular formula is C12H16N4O. The van der Waals surface area contributed by atoms with Crippen LogP contribution in [0.15, 0.2) is 22.7 Å². The molecule has 5 nitrogen and oxygen atoms in total. The van der Waals surface area contributed by atoms with Crippen LogP contribution in [0.3, 0.4) is 0 Å². The topological polar surface area (TPSA) is 77.8 Å². The quantitative estimate of drug-likeness (QED) is 0.874. The molecule has 0 aliphatic rings. The molecule has 90 valence electrons. The van der Waals surface area contributed by atoms with E-state index in [9.17, 15) is 0 Å². The summed E-state index contributed by atoms with van der Waals surface area (Å²) in [6.07, 6.45) is 1.84. The van der Waals surface area contributed by atoms with Crippen LogP contribution in [-0.2, 0) is 0 Å². The van der Waals surface area contributed by atoms with Crippen LogP contribution in [-0.4, -0.2) is 15.1 Å². The summed E-state index contributed by atoms with van der Waals surface area (Å²) in [5.74, 6) is 0.973. The van der Waals surface area contributed by atoms with Gasteiger partial charge in [-0.15, -0.1) is 0 Å². The first-order valence-electron chi connectivity index (χ1n) is 5.74. The van der Waals surface area contributed by atoms with Gasteiger partial charge in [0.25, 0.3) is 5.89 Å². The first-order chi connectivity index (χ1) is 8.20. The van der Waals surface area contributed by atoms with Gasteiger partial charge < -0.3 is 10.3 Å². The summed E-state index contributed by atoms with van der Waals surface area (Å²) in [5, 5.41) is 3.89. The number of pyridine rings is 1. The highest BCUT2D eigenvalue weighted by molar-refractivity contribution is 5.46. The van der Waals surface area contributed by atoms with Crippen molar-refractivity contribution >= 4 is 0 Å². The van der Waals surface area contributed by atoms with Crippen LogP contribution >= 0.6 is 0 Å². The van der Waals surface area contributed by atoms with Crippen LogP contribution in [0.25, 0.3) is 11.6 Å². The van der Waals surface area contributed by atoms with E-state index >= 15 is 0 Å². The maximum absolute atomic E-state index is 5.92. The predicted octanol–water partition coefficient (Wildman–Crippen LogP) is 2.24. The molecule has 2 aromatic rings. The van der Waals surface area contributed by atoms with Gasteiger partial charge in [0.05, 0.1) is 6.04 Å². The number of nitrogens with zero attached hydrogens (tertiary/aromatic N) is 3. The fraction of sp³-hybridized carbons (Fsp3) is 0.417. The molecule has 0 bridgehead atoms. The third-order valence-corrected chi connectivity index (χ3v) is 2.48. The van der Waals surface area contributed by atoms with Crippen molar-refractivity contribution in [3.63, 3.8) is 0 Å². The van der Waals surface area contributed by atoms with E-state index in [1.807, 2.05) is 25.1 Å². The molecule has 0 aliphatic carbocycles. The van der Waals surface area contributed by atoms with Crippen LogP contribution < -0.4 is 5.73 Å². The van der Waals surface area contributed by atoms with Crippen LogP contribution in [0, 0.1) is 6.92 Å². The lowest BCUT2D eigenvalue weighted by molar-refractivity contribution is 0.412. The van der Waals surface area contributed by atoms with Crippen molar-refractivity contribution in [2.24, 2.45) is 5.73 Å². The smallest absolute Gasteiger partial charge is 0.276 e. The maximum atomic E-state index is 5.92. The van der Waals surface area contributed by atoms with Gasteiger partial charge in [-0.25, -0.2) is 4.98 Å². The zero-order chi connectivity index (χ0) is 12.3. The molecule has 2 heterocycles. The molecule has 1 unspecified atom stereocenters. The second-order valence-corrected chi connectivity index (χ2v) is 4.02. The van der Waals surface area contributed by atoms with Crippen molar-refractivity contribution in [3.05, 3.63) is 29.7 Å². The van der Waals surface area contributed by atoms with Gasteiger partial charge in [0, 0.05) is 5.69 Å². The van der Waals surface area contributed by atoms with Crippen molar-refractivity contribution in [2.75, 3.05) is 0 Å². The van der Waals surface area contributed by atoms with E-state index in [0.717, 1.165) is 18.5 Å². The Morgan fingerprint density at radius 1 is 1.35 bits per heavy atom. The SMILES string of the molecule is CCCC(N)c1noc(-c2cccc(C)n2)n1. The Hall–Kier alpha value is -1.75. The Balaban J connectivity index is 2.23. The highest BCUT2D eigenvalue weighted by Gasteiger charge is 2.15. The summed E-state index contributed by atoms with van der Waals surface area (Å²) in [6, 6.07) is 5.51. The molecular weight excluding hydrogens is 216 g/mol. The highest BCUT2D eigenvalue weighted by atomic mass is 16.5. The van der Waals surface area contributed by atoms with E-state index in [4.69, 9.17) is 10.3 Å². The fourth-order valence-corrected chi connectivity index (χ4v) is 1.59. The van der Waals surface area contributed by atoms with Gasteiger partial charge in [0.2, 0.25) is 0 Å². The van der Waals surface area contributed by atoms with Gasteiger partial charge in [0.15, 0.2) is 5.82 Å². The van der Waals surface area contributed by atoms with Crippen LogP contribution in [0.2, 0.25) is 0 Å². The molecule has 0 radical (unpaired) electrons. The Kier molecular flexibility index (Phi) is 3.49. The van der Waals surface area contributed by atoms with Crippen molar-refractivity contribution < 1.29 is 4.52 Å². The zero-order valence-electron chi connectivity index (χ0n) is 10.1. The first kappa shape index (κ1) is 11.7. The van der Waals surface area contributed by atoms with E-state index < -0.39 is 0 Å². The molecule has 0 saturated carbocycles. The average Bonchev–Trinajstić information content (AvgIpc) is 2.78. The summed E-state index contributed by atoms with van der Waals surface area (Å²) in [5.41, 5.74) is 7.53. The minimum absolute atomic E-state index is 0.165. The lowest BCUT2D eigenvalue weighted by Gasteiger charge is -2.02. The number of aryl methyl sites for hydroxylation is 1. The van der Waals surface area contributed by atoms with Gasteiger partial charge in [-0.05, 0) is 25.5 Å². The minimum Gasteiger partial charge on any atom is -0.332 e. The minimum atomic E-state index is -0.165. The lowest BCUT2D eigenvalue weighted by atomic mass is 10.2. The predicted molar refractivity (Wildman–Crippen MR) is 64.1 cm³/mol. The maximum Gasteiger partial charge on any atom is 0.276 e. The summed E-state index contributed by atoms with van der Waals surface area (Å²) >= 11 is 0. The summed E-state index contributed by atoms with van der Waals surface area (Å²) in [7, 11) is 0. The zero-order valence-corrected chi connectivity index (χ0v) is 10.1. The standard InChI is InChI=1S/C12H16N4O/c1-3-5-9(13)11-15-12(17-16-11)10-7-4-6-8(2)14-10/h4,6-7,9H,3,5,13H2,1-2H3. The number of aromatic nitrogens is 3. The first-order valence-corrected chi connectivity index (χ1v) is 5.74. The number of hydrogen-bond acceptors (Lipinski definition) is 5. The molecule has 17 heavy (non-hydrogen) atoms. The van der Waals surface area contributed by atoms with E-state index in [0.29, 0.717) is 17.4 Å². The summed E-state index contributed by atoms with van der Waals surface area (Å²) in [4.78, 5) is 8.60. The van der Waals surface area contributed by atoms with E-state index in [1.165, 1.54) is 0 Å². The Morgan fingerprint density at radius 3 is 2.88 bits per heavy atom. The Bertz CT molecular complexity index is 495. The van der Waals surface area contributed by atoms with Gasteiger partial charge in [-0.2, -0.15) is 4.98 Å². The normalized spacial score (nSPS) is 12.6. The van der Waals surface area contributed by atoms with E-state index in [1.54, 1.807) is 0 Å². The largest absolute Gasteiger partial charge is 0.332 e. The number of rotatable bonds is 4. The molecule has 0 aromatic carbocycles. The summed E-state index contributed by atoms with van der Waals surface area (Å²) < 4.78 is 5.17. The average molecular weight is 232 g/mol. The lowest BCUT2D eigenvalue weighted by Crippen LogP contribution is -2.11. The van der Waals surface area contributed by atoms with Gasteiger partial charge in [-0.3, -0.25) is 0 Å². The summed E-state index contributed by atoms with van der Waals surface area (Å²) in [6.45, 7) is 3.99. The molecule has 0 amide bonds. The van der Waals surface area contributed by atoms with Crippen molar-refractivity contribution in [1.82, 2.24) is 15.1 Å². The second kappa shape index (κ2) is 5.05. The van der Waals surface area contributed by atoms with Gasteiger partial charge >= 0.3 is 0 Å². The molecule has 0 fully saturated rings. The second-order valence-electron chi connectivity index (χ2n) is 4.02. The van der Waals surface area contributed by atoms with Gasteiger partial charge in [-0.1, -0.05) is 24.6 Å². The molecule has 0 aliphatic heterocycles. The van der Waals surface area contributed by atoms with Gasteiger partial charge in [0.1, 0.15) is 5.69 Å². The molecule has 0 spiro atoms. The third kappa shape index (κ3) is 2.68. The Labute approximate surface area is 100 Å². The molecule has 0 saturated heterocycles. The van der Waals surface area contributed by atoms with Crippen molar-refractivity contribution in [1.29, 1.82) is 0 Å². The Morgan fingerprint density at radius 2 is 2.18 bits per heavy atom. The molecule has 5 heteroatoms. The molecule has 2 N–H and O–H groups in total. The molecule has 2 rings (SSSR count). The van der Waals surface area contributed by atoms with E-state index in [2.05, 4.69) is 22.0 Å². The van der Waals surface area contributed by atoms with E-state index in [-0.39, 0.29) is 6.04 Å². The van der Waals surface area contributed by atoms with Crippen LogP contribution in [0.5, 0.6) is 0 Å². The molecule has 2 aromatic heterocycles. The highest BCUT2D eigenvalue weighted by Crippen LogP contribution is 2.18.